The Balaban J connectivity index is 1.56. The number of H-pyrrole nitrogens is 1. The topological polar surface area (TPSA) is 40.7 Å². The molecule has 0 aliphatic carbocycles. The molecule has 5 heteroatoms. The number of alkyl halides is 1. The highest BCUT2D eigenvalue weighted by molar-refractivity contribution is 7.08. The lowest BCUT2D eigenvalue weighted by Gasteiger charge is -2.35. The molecular weight excluding hydrogens is 398 g/mol. The average Bonchev–Trinajstić information content (AvgIpc) is 3.44. The molecule has 5 rings (SSSR count). The smallest absolute Gasteiger partial charge is 0.0707 e. The van der Waals surface area contributed by atoms with Crippen molar-refractivity contribution in [3.63, 3.8) is 0 Å². The van der Waals surface area contributed by atoms with E-state index in [4.69, 9.17) is 11.6 Å². The van der Waals surface area contributed by atoms with Crippen LogP contribution in [0.5, 0.6) is 0 Å². The molecule has 2 atom stereocenters. The van der Waals surface area contributed by atoms with Crippen LogP contribution >= 0.6 is 22.9 Å². The highest BCUT2D eigenvalue weighted by atomic mass is 35.5. The summed E-state index contributed by atoms with van der Waals surface area (Å²) in [5.74, 6) is 0.432. The third-order valence-corrected chi connectivity index (χ3v) is 7.42. The minimum absolute atomic E-state index is 0.382. The Morgan fingerprint density at radius 3 is 2.83 bits per heavy atom. The Labute approximate surface area is 180 Å². The van der Waals surface area contributed by atoms with Crippen molar-refractivity contribution in [2.45, 2.75) is 24.6 Å². The van der Waals surface area contributed by atoms with Gasteiger partial charge in [0.2, 0.25) is 0 Å². The number of rotatable bonds is 4. The normalized spacial score (nSPS) is 19.3. The number of hydrogen-bond acceptors (Lipinski definition) is 3. The number of nitrogens with one attached hydrogen (secondary N) is 2. The molecule has 0 spiro atoms. The SMILES string of the molecule is CC(Cl)(c1ccc2[nH]cc(-c3cncc(-c4ccsc4)c3)c2c1)C1CCCNC1. The van der Waals surface area contributed by atoms with E-state index < -0.39 is 0 Å². The first kappa shape index (κ1) is 18.9. The number of aromatic amines is 1. The lowest BCUT2D eigenvalue weighted by atomic mass is 9.81. The zero-order chi connectivity index (χ0) is 19.8. The lowest BCUT2D eigenvalue weighted by Crippen LogP contribution is -2.39. The summed E-state index contributed by atoms with van der Waals surface area (Å²) in [6.07, 6.45) is 8.30. The van der Waals surface area contributed by atoms with Crippen LogP contribution in [0.1, 0.15) is 25.3 Å². The number of fused-ring (bicyclic) bond motifs is 1. The maximum absolute atomic E-state index is 7.14. The quantitative estimate of drug-likeness (QED) is 0.373. The number of thiophene rings is 1. The van der Waals surface area contributed by atoms with Crippen molar-refractivity contribution in [1.29, 1.82) is 0 Å². The Hall–Kier alpha value is -2.14. The molecule has 2 unspecified atom stereocenters. The molecule has 3 nitrogen and oxygen atoms in total. The third kappa shape index (κ3) is 3.50. The van der Waals surface area contributed by atoms with E-state index in [-0.39, 0.29) is 4.87 Å². The summed E-state index contributed by atoms with van der Waals surface area (Å²) in [6.45, 7) is 4.24. The standard InChI is InChI=1S/C24H24ClN3S/c1-24(25,20-3-2-7-26-13-20)19-4-5-23-21(10-19)22(14-28-23)18-9-17(11-27-12-18)16-6-8-29-15-16/h4-6,8-12,14-15,20,26,28H,2-3,7,13H2,1H3. The summed E-state index contributed by atoms with van der Waals surface area (Å²) in [4.78, 5) is 7.54. The molecule has 2 N–H and O–H groups in total. The van der Waals surface area contributed by atoms with Gasteiger partial charge in [-0.05, 0) is 84.9 Å². The fourth-order valence-electron chi connectivity index (χ4n) is 4.39. The Bertz CT molecular complexity index is 1120. The monoisotopic (exact) mass is 421 g/mol. The predicted octanol–water partition coefficient (Wildman–Crippen LogP) is 6.41. The van der Waals surface area contributed by atoms with E-state index in [1.54, 1.807) is 11.3 Å². The molecule has 3 aromatic heterocycles. The van der Waals surface area contributed by atoms with Gasteiger partial charge in [-0.15, -0.1) is 11.6 Å². The van der Waals surface area contributed by atoms with Crippen LogP contribution in [0.4, 0.5) is 0 Å². The molecule has 148 valence electrons. The van der Waals surface area contributed by atoms with Gasteiger partial charge < -0.3 is 10.3 Å². The van der Waals surface area contributed by atoms with E-state index in [1.165, 1.54) is 28.5 Å². The molecule has 4 aromatic rings. The van der Waals surface area contributed by atoms with Crippen LogP contribution in [0.25, 0.3) is 33.2 Å². The van der Waals surface area contributed by atoms with Crippen LogP contribution in [0.15, 0.2) is 59.7 Å². The Morgan fingerprint density at radius 1 is 1.14 bits per heavy atom. The predicted molar refractivity (Wildman–Crippen MR) is 124 cm³/mol. The maximum Gasteiger partial charge on any atom is 0.0707 e. The second kappa shape index (κ2) is 7.60. The van der Waals surface area contributed by atoms with Crippen molar-refractivity contribution < 1.29 is 0 Å². The third-order valence-electron chi connectivity index (χ3n) is 6.21. The summed E-state index contributed by atoms with van der Waals surface area (Å²) in [5, 5.41) is 8.95. The van der Waals surface area contributed by atoms with E-state index in [0.29, 0.717) is 5.92 Å². The van der Waals surface area contributed by atoms with Gasteiger partial charge in [-0.1, -0.05) is 6.07 Å². The molecule has 29 heavy (non-hydrogen) atoms. The molecule has 1 aliphatic rings. The van der Waals surface area contributed by atoms with Crippen LogP contribution in [0, 0.1) is 5.92 Å². The van der Waals surface area contributed by atoms with Crippen molar-refractivity contribution in [2.75, 3.05) is 13.1 Å². The van der Waals surface area contributed by atoms with Crippen molar-refractivity contribution in [3.8, 4) is 22.3 Å². The van der Waals surface area contributed by atoms with Gasteiger partial charge in [0.15, 0.2) is 0 Å². The number of nitrogens with zero attached hydrogens (tertiary/aromatic N) is 1. The summed E-state index contributed by atoms with van der Waals surface area (Å²) in [6, 6.07) is 10.9. The lowest BCUT2D eigenvalue weighted by molar-refractivity contribution is 0.306. The van der Waals surface area contributed by atoms with Gasteiger partial charge in [-0.25, -0.2) is 0 Å². The maximum atomic E-state index is 7.14. The number of hydrogen-bond donors (Lipinski definition) is 2. The van der Waals surface area contributed by atoms with Crippen molar-refractivity contribution in [3.05, 3.63) is 65.2 Å². The molecular formula is C24H24ClN3S. The van der Waals surface area contributed by atoms with E-state index >= 15 is 0 Å². The molecule has 0 bridgehead atoms. The zero-order valence-corrected chi connectivity index (χ0v) is 18.0. The van der Waals surface area contributed by atoms with E-state index in [9.17, 15) is 0 Å². The van der Waals surface area contributed by atoms with Gasteiger partial charge in [-0.3, -0.25) is 4.98 Å². The second-order valence-corrected chi connectivity index (χ2v) is 9.62. The summed E-state index contributed by atoms with van der Waals surface area (Å²) in [7, 11) is 0. The van der Waals surface area contributed by atoms with E-state index in [2.05, 4.69) is 69.5 Å². The number of aromatic nitrogens is 2. The van der Waals surface area contributed by atoms with Crippen LogP contribution in [0.3, 0.4) is 0 Å². The van der Waals surface area contributed by atoms with Gasteiger partial charge in [0.05, 0.1) is 4.87 Å². The average molecular weight is 422 g/mol. The summed E-state index contributed by atoms with van der Waals surface area (Å²) in [5.41, 5.74) is 6.95. The zero-order valence-electron chi connectivity index (χ0n) is 16.4. The number of halogens is 1. The number of piperidine rings is 1. The first-order valence-electron chi connectivity index (χ1n) is 10.1. The first-order valence-corrected chi connectivity index (χ1v) is 11.4. The number of pyridine rings is 1. The minimum Gasteiger partial charge on any atom is -0.361 e. The largest absolute Gasteiger partial charge is 0.361 e. The molecule has 1 aliphatic heterocycles. The van der Waals surface area contributed by atoms with Crippen LogP contribution < -0.4 is 5.32 Å². The van der Waals surface area contributed by atoms with E-state index in [0.717, 1.165) is 36.2 Å². The van der Waals surface area contributed by atoms with E-state index in [1.807, 2.05) is 12.4 Å². The van der Waals surface area contributed by atoms with Gasteiger partial charge in [0.1, 0.15) is 0 Å². The van der Waals surface area contributed by atoms with Crippen molar-refractivity contribution in [1.82, 2.24) is 15.3 Å². The molecule has 0 amide bonds. The summed E-state index contributed by atoms with van der Waals surface area (Å²) >= 11 is 8.84. The number of benzene rings is 1. The molecule has 1 saturated heterocycles. The fraction of sp³-hybridized carbons (Fsp3) is 0.292. The Kier molecular flexibility index (Phi) is 4.94. The molecule has 0 saturated carbocycles. The first-order chi connectivity index (χ1) is 14.1. The highest BCUT2D eigenvalue weighted by Gasteiger charge is 2.35. The highest BCUT2D eigenvalue weighted by Crippen LogP contribution is 2.42. The van der Waals surface area contributed by atoms with Crippen molar-refractivity contribution >= 4 is 33.8 Å². The van der Waals surface area contributed by atoms with Gasteiger partial charge in [0, 0.05) is 46.2 Å². The van der Waals surface area contributed by atoms with Crippen LogP contribution in [-0.4, -0.2) is 23.1 Å². The van der Waals surface area contributed by atoms with Crippen LogP contribution in [-0.2, 0) is 4.87 Å². The van der Waals surface area contributed by atoms with Crippen molar-refractivity contribution in [2.24, 2.45) is 5.92 Å². The summed E-state index contributed by atoms with van der Waals surface area (Å²) < 4.78 is 0. The molecule has 4 heterocycles. The molecule has 0 radical (unpaired) electrons. The fourth-order valence-corrected chi connectivity index (χ4v) is 5.36. The molecule has 1 aromatic carbocycles. The Morgan fingerprint density at radius 2 is 2.03 bits per heavy atom. The van der Waals surface area contributed by atoms with Crippen LogP contribution in [0.2, 0.25) is 0 Å². The van der Waals surface area contributed by atoms with Gasteiger partial charge in [0.25, 0.3) is 0 Å². The van der Waals surface area contributed by atoms with Gasteiger partial charge >= 0.3 is 0 Å². The minimum atomic E-state index is -0.382. The molecule has 1 fully saturated rings. The second-order valence-electron chi connectivity index (χ2n) is 8.06. The van der Waals surface area contributed by atoms with Gasteiger partial charge in [-0.2, -0.15) is 11.3 Å².